The van der Waals surface area contributed by atoms with E-state index < -0.39 is 6.04 Å². The van der Waals surface area contributed by atoms with E-state index in [-0.39, 0.29) is 18.4 Å². The minimum absolute atomic E-state index is 0.128. The molecule has 0 fully saturated rings. The summed E-state index contributed by atoms with van der Waals surface area (Å²) in [6.07, 6.45) is 0. The van der Waals surface area contributed by atoms with Gasteiger partial charge in [-0.25, -0.2) is 0 Å². The number of nitrogens with one attached hydrogen (secondary N) is 1. The highest BCUT2D eigenvalue weighted by atomic mass is 79.9. The molecule has 0 aliphatic carbocycles. The van der Waals surface area contributed by atoms with E-state index in [2.05, 4.69) is 35.1 Å². The van der Waals surface area contributed by atoms with Crippen LogP contribution in [0, 0.1) is 5.92 Å². The summed E-state index contributed by atoms with van der Waals surface area (Å²) in [6, 6.07) is 14.9. The third kappa shape index (κ3) is 8.02. The van der Waals surface area contributed by atoms with E-state index in [0.717, 1.165) is 10.0 Å². The molecule has 2 aromatic carbocycles. The predicted octanol–water partition coefficient (Wildman–Crippen LogP) is 5.14. The number of ether oxygens (including phenoxy) is 1. The van der Waals surface area contributed by atoms with Gasteiger partial charge in [0.1, 0.15) is 11.8 Å². The Balaban J connectivity index is 2.11. The van der Waals surface area contributed by atoms with Gasteiger partial charge in [-0.15, -0.1) is 0 Å². The number of carbonyl (C=O) groups excluding carboxylic acids is 2. The van der Waals surface area contributed by atoms with E-state index in [0.29, 0.717) is 30.7 Å². The molecule has 1 atom stereocenters. The topological polar surface area (TPSA) is 58.6 Å². The van der Waals surface area contributed by atoms with Gasteiger partial charge in [0.25, 0.3) is 5.91 Å². The second kappa shape index (κ2) is 11.9. The molecule has 0 saturated heterocycles. The van der Waals surface area contributed by atoms with Crippen molar-refractivity contribution in [1.29, 1.82) is 0 Å². The first kappa shape index (κ1) is 24.9. The zero-order valence-electron chi connectivity index (χ0n) is 19.0. The fourth-order valence-corrected chi connectivity index (χ4v) is 3.49. The molecule has 168 valence electrons. The number of hydrogen-bond donors (Lipinski definition) is 1. The van der Waals surface area contributed by atoms with Gasteiger partial charge in [-0.3, -0.25) is 9.59 Å². The first-order valence-corrected chi connectivity index (χ1v) is 11.5. The number of halogens is 1. The van der Waals surface area contributed by atoms with Crippen LogP contribution in [0.2, 0.25) is 0 Å². The molecule has 0 aliphatic heterocycles. The Labute approximate surface area is 194 Å². The van der Waals surface area contributed by atoms with E-state index in [4.69, 9.17) is 4.74 Å². The van der Waals surface area contributed by atoms with Crippen LogP contribution < -0.4 is 10.1 Å². The van der Waals surface area contributed by atoms with Gasteiger partial charge in [-0.05, 0) is 54.2 Å². The number of hydrogen-bond acceptors (Lipinski definition) is 3. The van der Waals surface area contributed by atoms with Crippen molar-refractivity contribution in [1.82, 2.24) is 10.2 Å². The standard InChI is InChI=1S/C25H33BrN2O3/c1-17(2)14-27-25(30)19(5)28(15-20-7-6-8-22(26)13-20)24(29)16-31-23-11-9-21(10-12-23)18(3)4/h6-13,17-19H,14-16H2,1-5H3,(H,27,30)/t19-/m0/s1. The second-order valence-electron chi connectivity index (χ2n) is 8.48. The first-order valence-electron chi connectivity index (χ1n) is 10.7. The minimum Gasteiger partial charge on any atom is -0.484 e. The highest BCUT2D eigenvalue weighted by Crippen LogP contribution is 2.19. The molecule has 1 N–H and O–H groups in total. The van der Waals surface area contributed by atoms with Gasteiger partial charge in [0.05, 0.1) is 0 Å². The van der Waals surface area contributed by atoms with E-state index in [1.165, 1.54) is 5.56 Å². The van der Waals surface area contributed by atoms with Gasteiger partial charge in [0.15, 0.2) is 6.61 Å². The number of carbonyl (C=O) groups is 2. The van der Waals surface area contributed by atoms with Crippen molar-refractivity contribution in [3.8, 4) is 5.75 Å². The summed E-state index contributed by atoms with van der Waals surface area (Å²) < 4.78 is 6.67. The molecule has 0 bridgehead atoms. The van der Waals surface area contributed by atoms with Crippen LogP contribution >= 0.6 is 15.9 Å². The van der Waals surface area contributed by atoms with Crippen molar-refractivity contribution in [2.45, 2.75) is 53.1 Å². The number of rotatable bonds is 10. The largest absolute Gasteiger partial charge is 0.484 e. The molecule has 2 rings (SSSR count). The zero-order chi connectivity index (χ0) is 23.0. The third-order valence-electron chi connectivity index (χ3n) is 5.00. The smallest absolute Gasteiger partial charge is 0.261 e. The lowest BCUT2D eigenvalue weighted by Crippen LogP contribution is -2.49. The molecule has 2 aromatic rings. The average molecular weight is 489 g/mol. The molecule has 0 aromatic heterocycles. The normalized spacial score (nSPS) is 12.0. The van der Waals surface area contributed by atoms with Gasteiger partial charge in [-0.1, -0.05) is 67.9 Å². The van der Waals surface area contributed by atoms with Crippen molar-refractivity contribution in [2.75, 3.05) is 13.2 Å². The van der Waals surface area contributed by atoms with Crippen molar-refractivity contribution < 1.29 is 14.3 Å². The van der Waals surface area contributed by atoms with Crippen LogP contribution in [0.5, 0.6) is 5.75 Å². The zero-order valence-corrected chi connectivity index (χ0v) is 20.6. The quantitative estimate of drug-likeness (QED) is 0.503. The number of benzene rings is 2. The molecule has 0 heterocycles. The lowest BCUT2D eigenvalue weighted by atomic mass is 10.0. The second-order valence-corrected chi connectivity index (χ2v) is 9.39. The van der Waals surface area contributed by atoms with E-state index in [1.807, 2.05) is 62.4 Å². The fraction of sp³-hybridized carbons (Fsp3) is 0.440. The molecule has 0 saturated carbocycles. The van der Waals surface area contributed by atoms with Crippen LogP contribution in [-0.2, 0) is 16.1 Å². The predicted molar refractivity (Wildman–Crippen MR) is 128 cm³/mol. The summed E-state index contributed by atoms with van der Waals surface area (Å²) >= 11 is 3.47. The molecular weight excluding hydrogens is 456 g/mol. The summed E-state index contributed by atoms with van der Waals surface area (Å²) in [6.45, 7) is 10.8. The first-order chi connectivity index (χ1) is 14.7. The van der Waals surface area contributed by atoms with Crippen molar-refractivity contribution in [3.63, 3.8) is 0 Å². The average Bonchev–Trinajstić information content (AvgIpc) is 2.74. The van der Waals surface area contributed by atoms with Crippen LogP contribution in [0.3, 0.4) is 0 Å². The molecule has 0 radical (unpaired) electrons. The summed E-state index contributed by atoms with van der Waals surface area (Å²) in [5.41, 5.74) is 2.15. The maximum absolute atomic E-state index is 13.1. The summed E-state index contributed by atoms with van der Waals surface area (Å²) in [5, 5.41) is 2.92. The highest BCUT2D eigenvalue weighted by molar-refractivity contribution is 9.10. The van der Waals surface area contributed by atoms with E-state index in [1.54, 1.807) is 11.8 Å². The Kier molecular flexibility index (Phi) is 9.56. The molecule has 2 amide bonds. The fourth-order valence-electron chi connectivity index (χ4n) is 3.04. The van der Waals surface area contributed by atoms with Gasteiger partial charge in [-0.2, -0.15) is 0 Å². The van der Waals surface area contributed by atoms with Crippen LogP contribution in [0.1, 0.15) is 51.7 Å². The molecule has 31 heavy (non-hydrogen) atoms. The van der Waals surface area contributed by atoms with Gasteiger partial charge < -0.3 is 15.0 Å². The van der Waals surface area contributed by atoms with Crippen LogP contribution in [0.4, 0.5) is 0 Å². The van der Waals surface area contributed by atoms with Gasteiger partial charge in [0, 0.05) is 17.6 Å². The molecule has 6 heteroatoms. The Morgan fingerprint density at radius 1 is 1.03 bits per heavy atom. The lowest BCUT2D eigenvalue weighted by Gasteiger charge is -2.29. The Morgan fingerprint density at radius 3 is 2.29 bits per heavy atom. The summed E-state index contributed by atoms with van der Waals surface area (Å²) in [7, 11) is 0. The Morgan fingerprint density at radius 2 is 1.71 bits per heavy atom. The molecule has 0 spiro atoms. The SMILES string of the molecule is CC(C)CNC(=O)[C@H](C)N(Cc1cccc(Br)c1)C(=O)COc1ccc(C(C)C)cc1. The number of nitrogens with zero attached hydrogens (tertiary/aromatic N) is 1. The third-order valence-corrected chi connectivity index (χ3v) is 5.50. The molecular formula is C25H33BrN2O3. The molecule has 0 aliphatic rings. The monoisotopic (exact) mass is 488 g/mol. The Hall–Kier alpha value is -2.34. The minimum atomic E-state index is -0.614. The van der Waals surface area contributed by atoms with Gasteiger partial charge >= 0.3 is 0 Å². The highest BCUT2D eigenvalue weighted by Gasteiger charge is 2.26. The summed E-state index contributed by atoms with van der Waals surface area (Å²) in [5.74, 6) is 1.000. The Bertz CT molecular complexity index is 865. The van der Waals surface area contributed by atoms with Crippen molar-refractivity contribution in [3.05, 3.63) is 64.1 Å². The number of amides is 2. The van der Waals surface area contributed by atoms with Crippen LogP contribution in [0.15, 0.2) is 53.0 Å². The molecule has 5 nitrogen and oxygen atoms in total. The summed E-state index contributed by atoms with van der Waals surface area (Å²) in [4.78, 5) is 27.3. The van der Waals surface area contributed by atoms with Crippen molar-refractivity contribution in [2.24, 2.45) is 5.92 Å². The maximum atomic E-state index is 13.1. The van der Waals surface area contributed by atoms with Gasteiger partial charge in [0.2, 0.25) is 5.91 Å². The van der Waals surface area contributed by atoms with E-state index >= 15 is 0 Å². The molecule has 0 unspecified atom stereocenters. The van der Waals surface area contributed by atoms with Crippen LogP contribution in [-0.4, -0.2) is 35.9 Å². The maximum Gasteiger partial charge on any atom is 0.261 e. The van der Waals surface area contributed by atoms with Crippen LogP contribution in [0.25, 0.3) is 0 Å². The van der Waals surface area contributed by atoms with E-state index in [9.17, 15) is 9.59 Å². The van der Waals surface area contributed by atoms with Crippen molar-refractivity contribution >= 4 is 27.7 Å². The lowest BCUT2D eigenvalue weighted by molar-refractivity contribution is -0.142.